The molecule has 18 heteroatoms. The van der Waals surface area contributed by atoms with Crippen LogP contribution in [0.3, 0.4) is 0 Å². The van der Waals surface area contributed by atoms with E-state index in [2.05, 4.69) is 4.74 Å². The van der Waals surface area contributed by atoms with Crippen LogP contribution in [-0.4, -0.2) is 48.2 Å². The van der Waals surface area contributed by atoms with Crippen LogP contribution in [0.4, 0.5) is 65.9 Å². The lowest BCUT2D eigenvalue weighted by molar-refractivity contribution is -0.559. The molecule has 1 rings (SSSR count). The van der Waals surface area contributed by atoms with E-state index in [9.17, 15) is 65.9 Å². The van der Waals surface area contributed by atoms with Crippen molar-refractivity contribution >= 4 is 0 Å². The quantitative estimate of drug-likeness (QED) is 0.235. The lowest BCUT2D eigenvalue weighted by Crippen LogP contribution is -2.73. The molecule has 1 fully saturated rings. The fourth-order valence-corrected chi connectivity index (χ4v) is 1.64. The number of ether oxygens (including phenoxy) is 2. The van der Waals surface area contributed by atoms with Gasteiger partial charge in [0.05, 0.1) is 0 Å². The fraction of sp³-hybridized carbons (Fsp3) is 0.636. The van der Waals surface area contributed by atoms with Gasteiger partial charge in [-0.15, -0.1) is 0 Å². The Balaban J connectivity index is 3.54. The van der Waals surface area contributed by atoms with E-state index in [1.54, 1.807) is 0 Å². The molecular formula is C11H4F15NO2. The van der Waals surface area contributed by atoms with Crippen LogP contribution in [0, 0.1) is 0 Å². The average Bonchev–Trinajstić information content (AvgIpc) is 2.40. The van der Waals surface area contributed by atoms with Crippen molar-refractivity contribution in [2.24, 2.45) is 0 Å². The van der Waals surface area contributed by atoms with Gasteiger partial charge in [0.15, 0.2) is 0 Å². The first-order valence-corrected chi connectivity index (χ1v) is 6.44. The maximum Gasteiger partial charge on any atom is 0.453 e. The Morgan fingerprint density at radius 1 is 0.828 bits per heavy atom. The molecule has 0 aromatic heterocycles. The average molecular weight is 467 g/mol. The van der Waals surface area contributed by atoms with E-state index in [0.717, 1.165) is 0 Å². The van der Waals surface area contributed by atoms with Crippen LogP contribution in [-0.2, 0) is 9.47 Å². The second-order valence-corrected chi connectivity index (χ2v) is 4.93. The summed E-state index contributed by atoms with van der Waals surface area (Å²) < 4.78 is 198. The smallest absolute Gasteiger partial charge is 0.453 e. The Morgan fingerprint density at radius 2 is 1.24 bits per heavy atom. The van der Waals surface area contributed by atoms with Crippen molar-refractivity contribution in [2.45, 2.75) is 36.7 Å². The number of hydrogen-bond acceptors (Lipinski definition) is 3. The molecule has 0 unspecified atom stereocenters. The number of rotatable bonds is 4. The van der Waals surface area contributed by atoms with Gasteiger partial charge in [0.25, 0.3) is 5.76 Å². The van der Waals surface area contributed by atoms with Crippen LogP contribution in [0.1, 0.15) is 0 Å². The molecule has 1 aliphatic heterocycles. The van der Waals surface area contributed by atoms with Crippen molar-refractivity contribution in [1.82, 2.24) is 4.90 Å². The summed E-state index contributed by atoms with van der Waals surface area (Å²) in [6.45, 7) is -1.96. The van der Waals surface area contributed by atoms with Gasteiger partial charge < -0.3 is 4.74 Å². The zero-order valence-corrected chi connectivity index (χ0v) is 12.8. The first-order valence-electron chi connectivity index (χ1n) is 6.44. The molecule has 0 spiro atoms. The molecule has 3 nitrogen and oxygen atoms in total. The maximum atomic E-state index is 13.8. The minimum Gasteiger partial charge on any atom is -0.482 e. The molecule has 1 saturated heterocycles. The maximum absolute atomic E-state index is 13.8. The zero-order chi connectivity index (χ0) is 23.3. The predicted molar refractivity (Wildman–Crippen MR) is 58.0 cm³/mol. The number of nitrogens with zero attached hydrogens (tertiary/aromatic N) is 1. The molecule has 0 amide bonds. The first-order chi connectivity index (χ1) is 12.6. The topological polar surface area (TPSA) is 21.7 Å². The van der Waals surface area contributed by atoms with Crippen molar-refractivity contribution < 1.29 is 75.3 Å². The number of morpholine rings is 1. The standard InChI is InChI=1S/C11H4F15NO2/c12-5(4(7(16,17)18)28-3-1-2-6(13,14)15)27-8(19,20)10(23,24)29-11(25,26)9(27,21)22/h1-2H,3H2/b2-1?,5-4-. The summed E-state index contributed by atoms with van der Waals surface area (Å²) in [5.74, 6) is -7.78. The minimum absolute atomic E-state index is 0.322. The van der Waals surface area contributed by atoms with Crippen molar-refractivity contribution in [3.05, 3.63) is 23.9 Å². The molecule has 1 heterocycles. The number of hydrogen-bond donors (Lipinski definition) is 0. The van der Waals surface area contributed by atoms with E-state index < -0.39 is 66.0 Å². The lowest BCUT2D eigenvalue weighted by Gasteiger charge is -2.47. The number of allylic oxidation sites excluding steroid dienone is 2. The van der Waals surface area contributed by atoms with Gasteiger partial charge in [0.2, 0.25) is 5.95 Å². The molecule has 0 bridgehead atoms. The summed E-state index contributed by atoms with van der Waals surface area (Å²) in [5.41, 5.74) is 0. The second-order valence-electron chi connectivity index (χ2n) is 4.93. The van der Waals surface area contributed by atoms with Crippen molar-refractivity contribution in [3.8, 4) is 0 Å². The van der Waals surface area contributed by atoms with E-state index in [1.165, 1.54) is 0 Å². The zero-order valence-electron chi connectivity index (χ0n) is 12.8. The number of halogens is 15. The Hall–Kier alpha value is -2.01. The monoisotopic (exact) mass is 467 g/mol. The molecule has 29 heavy (non-hydrogen) atoms. The summed E-state index contributed by atoms with van der Waals surface area (Å²) in [4.78, 5) is -3.22. The SMILES string of the molecule is F/C(=C(/OCC=CC(F)(F)F)C(F)(F)F)N1C(F)(F)C(F)(F)OC(F)(F)C1(F)F. The molecule has 0 aromatic rings. The second kappa shape index (κ2) is 7.05. The largest absolute Gasteiger partial charge is 0.482 e. The predicted octanol–water partition coefficient (Wildman–Crippen LogP) is 5.53. The molecule has 170 valence electrons. The molecule has 0 aliphatic carbocycles. The molecule has 0 aromatic carbocycles. The summed E-state index contributed by atoms with van der Waals surface area (Å²) >= 11 is 0. The van der Waals surface area contributed by atoms with E-state index in [-0.39, 0.29) is 6.08 Å². The van der Waals surface area contributed by atoms with Crippen LogP contribution in [0.5, 0.6) is 0 Å². The fourth-order valence-electron chi connectivity index (χ4n) is 1.64. The van der Waals surface area contributed by atoms with E-state index >= 15 is 0 Å². The molecule has 0 N–H and O–H groups in total. The van der Waals surface area contributed by atoms with Gasteiger partial charge in [-0.3, -0.25) is 0 Å². The Morgan fingerprint density at radius 3 is 1.59 bits per heavy atom. The van der Waals surface area contributed by atoms with Crippen LogP contribution in [0.25, 0.3) is 0 Å². The van der Waals surface area contributed by atoms with Crippen LogP contribution in [0.15, 0.2) is 23.9 Å². The van der Waals surface area contributed by atoms with Crippen LogP contribution < -0.4 is 0 Å². The highest BCUT2D eigenvalue weighted by Crippen LogP contribution is 2.57. The van der Waals surface area contributed by atoms with Gasteiger partial charge in [-0.25, -0.2) is 9.64 Å². The Kier molecular flexibility index (Phi) is 6.08. The third-order valence-electron chi connectivity index (χ3n) is 2.79. The highest BCUT2D eigenvalue weighted by Gasteiger charge is 2.84. The van der Waals surface area contributed by atoms with E-state index in [4.69, 9.17) is 0 Å². The molecule has 0 atom stereocenters. The summed E-state index contributed by atoms with van der Waals surface area (Å²) in [6.07, 6.45) is -26.0. The molecule has 1 aliphatic rings. The molecule has 0 radical (unpaired) electrons. The summed E-state index contributed by atoms with van der Waals surface area (Å²) in [5, 5.41) is 0. The van der Waals surface area contributed by atoms with Gasteiger partial charge in [-0.2, -0.15) is 65.9 Å². The minimum atomic E-state index is -6.83. The van der Waals surface area contributed by atoms with Crippen LogP contribution >= 0.6 is 0 Å². The van der Waals surface area contributed by atoms with Crippen molar-refractivity contribution in [3.63, 3.8) is 0 Å². The van der Waals surface area contributed by atoms with Gasteiger partial charge in [0.1, 0.15) is 6.61 Å². The van der Waals surface area contributed by atoms with Gasteiger partial charge in [0, 0.05) is 6.08 Å². The van der Waals surface area contributed by atoms with E-state index in [1.807, 2.05) is 4.74 Å². The van der Waals surface area contributed by atoms with Gasteiger partial charge in [-0.1, -0.05) is 0 Å². The number of alkyl halides is 14. The van der Waals surface area contributed by atoms with Gasteiger partial charge in [-0.05, 0) is 6.08 Å². The van der Waals surface area contributed by atoms with Crippen molar-refractivity contribution in [2.75, 3.05) is 6.61 Å². The normalized spacial score (nSPS) is 24.4. The van der Waals surface area contributed by atoms with Crippen LogP contribution in [0.2, 0.25) is 0 Å². The Labute approximate surface area is 148 Å². The van der Waals surface area contributed by atoms with Gasteiger partial charge >= 0.3 is 36.7 Å². The lowest BCUT2D eigenvalue weighted by atomic mass is 10.2. The van der Waals surface area contributed by atoms with E-state index in [0.29, 0.717) is 0 Å². The molecule has 0 saturated carbocycles. The third-order valence-corrected chi connectivity index (χ3v) is 2.79. The highest BCUT2D eigenvalue weighted by molar-refractivity contribution is 5.13. The summed E-state index contributed by atoms with van der Waals surface area (Å²) in [6, 6.07) is -13.7. The van der Waals surface area contributed by atoms with Crippen molar-refractivity contribution in [1.29, 1.82) is 0 Å². The Bertz CT molecular complexity index is 649. The molecular weight excluding hydrogens is 463 g/mol. The highest BCUT2D eigenvalue weighted by atomic mass is 19.4. The first kappa shape index (κ1) is 25.0. The third kappa shape index (κ3) is 4.77. The summed E-state index contributed by atoms with van der Waals surface area (Å²) in [7, 11) is 0.